The molecule has 0 unspecified atom stereocenters. The lowest BCUT2D eigenvalue weighted by Crippen LogP contribution is -2.01. The molecule has 0 N–H and O–H groups in total. The molecule has 0 saturated heterocycles. The van der Waals surface area contributed by atoms with Crippen LogP contribution >= 0.6 is 15.9 Å². The number of benzene rings is 3. The summed E-state index contributed by atoms with van der Waals surface area (Å²) < 4.78 is 6.52. The molecule has 4 rings (SSSR count). The summed E-state index contributed by atoms with van der Waals surface area (Å²) in [4.78, 5) is 25.1. The van der Waals surface area contributed by atoms with E-state index in [1.165, 1.54) is 0 Å². The molecular formula is C24H14BrNO3. The second kappa shape index (κ2) is 7.86. The summed E-state index contributed by atoms with van der Waals surface area (Å²) >= 11 is 3.48. The van der Waals surface area contributed by atoms with Crippen molar-refractivity contribution in [2.24, 2.45) is 0 Å². The Hall–Kier alpha value is -3.49. The van der Waals surface area contributed by atoms with Gasteiger partial charge in [0.1, 0.15) is 12.4 Å². The molecule has 140 valence electrons. The van der Waals surface area contributed by atoms with Crippen molar-refractivity contribution >= 4 is 33.6 Å². The van der Waals surface area contributed by atoms with Gasteiger partial charge in [0.15, 0.2) is 11.6 Å². The molecule has 0 spiro atoms. The molecule has 0 saturated carbocycles. The molecule has 0 radical (unpaired) electrons. The van der Waals surface area contributed by atoms with Gasteiger partial charge in [0.25, 0.3) is 0 Å². The van der Waals surface area contributed by atoms with Crippen LogP contribution in [0.25, 0.3) is 6.08 Å². The van der Waals surface area contributed by atoms with E-state index in [1.54, 1.807) is 54.6 Å². The zero-order valence-electron chi connectivity index (χ0n) is 15.2. The third-order valence-electron chi connectivity index (χ3n) is 4.69. The predicted molar refractivity (Wildman–Crippen MR) is 113 cm³/mol. The lowest BCUT2D eigenvalue weighted by molar-refractivity contribution is 0.0990. The fraction of sp³-hybridized carbons (Fsp3) is 0.0417. The maximum absolute atomic E-state index is 12.5. The Morgan fingerprint density at radius 3 is 2.24 bits per heavy atom. The van der Waals surface area contributed by atoms with Crippen LogP contribution in [0.1, 0.15) is 37.4 Å². The van der Waals surface area contributed by atoms with Gasteiger partial charge in [-0.2, -0.15) is 5.26 Å². The number of carbonyl (C=O) groups is 2. The van der Waals surface area contributed by atoms with E-state index in [2.05, 4.69) is 22.0 Å². The normalized spacial score (nSPS) is 12.5. The maximum atomic E-state index is 12.5. The van der Waals surface area contributed by atoms with Crippen LogP contribution in [-0.2, 0) is 6.61 Å². The largest absolute Gasteiger partial charge is 0.488 e. The molecule has 0 amide bonds. The Morgan fingerprint density at radius 2 is 1.59 bits per heavy atom. The summed E-state index contributed by atoms with van der Waals surface area (Å²) in [6.07, 6.45) is 1.60. The van der Waals surface area contributed by atoms with Gasteiger partial charge in [-0.15, -0.1) is 0 Å². The quantitative estimate of drug-likeness (QED) is 0.401. The summed E-state index contributed by atoms with van der Waals surface area (Å²) in [7, 11) is 0. The lowest BCUT2D eigenvalue weighted by atomic mass is 10.1. The van der Waals surface area contributed by atoms with Crippen molar-refractivity contribution in [1.29, 1.82) is 5.26 Å². The molecular weight excluding hydrogens is 430 g/mol. The minimum atomic E-state index is -0.254. The van der Waals surface area contributed by atoms with Crippen molar-refractivity contribution in [3.05, 3.63) is 105 Å². The smallest absolute Gasteiger partial charge is 0.197 e. The first-order valence-electron chi connectivity index (χ1n) is 8.89. The zero-order chi connectivity index (χ0) is 20.4. The standard InChI is InChI=1S/C24H14BrNO3/c25-21-12-15(11-20-23(27)18-7-3-4-8-19(18)24(20)28)9-10-22(21)29-14-17-6-2-1-5-16(17)13-26/h1-12H,14H2. The molecule has 3 aromatic rings. The van der Waals surface area contributed by atoms with Gasteiger partial charge in [0, 0.05) is 16.7 Å². The average Bonchev–Trinajstić information content (AvgIpc) is 2.98. The highest BCUT2D eigenvalue weighted by Crippen LogP contribution is 2.31. The number of nitrogens with zero attached hydrogens (tertiary/aromatic N) is 1. The third kappa shape index (κ3) is 3.63. The molecule has 29 heavy (non-hydrogen) atoms. The molecule has 1 aliphatic carbocycles. The van der Waals surface area contributed by atoms with Crippen LogP contribution in [0.4, 0.5) is 0 Å². The number of Topliss-reactive ketones (excluding diaryl/α,β-unsaturated/α-hetero) is 2. The van der Waals surface area contributed by atoms with Crippen molar-refractivity contribution in [1.82, 2.24) is 0 Å². The van der Waals surface area contributed by atoms with E-state index in [1.807, 2.05) is 18.2 Å². The van der Waals surface area contributed by atoms with E-state index in [0.29, 0.717) is 32.5 Å². The number of ketones is 2. The second-order valence-corrected chi connectivity index (χ2v) is 7.36. The molecule has 5 heteroatoms. The first-order valence-corrected chi connectivity index (χ1v) is 9.68. The Balaban J connectivity index is 1.56. The molecule has 0 fully saturated rings. The number of hydrogen-bond acceptors (Lipinski definition) is 4. The number of carbonyl (C=O) groups excluding carboxylic acids is 2. The van der Waals surface area contributed by atoms with Gasteiger partial charge in [0.05, 0.1) is 21.7 Å². The van der Waals surface area contributed by atoms with Crippen molar-refractivity contribution in [2.75, 3.05) is 0 Å². The van der Waals surface area contributed by atoms with Crippen molar-refractivity contribution in [2.45, 2.75) is 6.61 Å². The molecule has 0 aliphatic heterocycles. The van der Waals surface area contributed by atoms with Gasteiger partial charge >= 0.3 is 0 Å². The van der Waals surface area contributed by atoms with Crippen molar-refractivity contribution in [3.8, 4) is 11.8 Å². The molecule has 3 aromatic carbocycles. The summed E-state index contributed by atoms with van der Waals surface area (Å²) in [6.45, 7) is 0.259. The summed E-state index contributed by atoms with van der Waals surface area (Å²) in [5, 5.41) is 9.17. The van der Waals surface area contributed by atoms with E-state index in [9.17, 15) is 14.9 Å². The van der Waals surface area contributed by atoms with Crippen LogP contribution in [0.2, 0.25) is 0 Å². The van der Waals surface area contributed by atoms with Crippen LogP contribution in [0.3, 0.4) is 0 Å². The van der Waals surface area contributed by atoms with Crippen LogP contribution < -0.4 is 4.74 Å². The molecule has 0 atom stereocenters. The monoisotopic (exact) mass is 443 g/mol. The number of rotatable bonds is 4. The van der Waals surface area contributed by atoms with Gasteiger partial charge in [-0.25, -0.2) is 0 Å². The first-order chi connectivity index (χ1) is 14.1. The molecule has 0 aromatic heterocycles. The van der Waals surface area contributed by atoms with E-state index < -0.39 is 0 Å². The van der Waals surface area contributed by atoms with Crippen LogP contribution in [0, 0.1) is 11.3 Å². The number of allylic oxidation sites excluding steroid dienone is 1. The fourth-order valence-electron chi connectivity index (χ4n) is 3.20. The predicted octanol–water partition coefficient (Wildman–Crippen LogP) is 5.36. The van der Waals surface area contributed by atoms with Gasteiger partial charge < -0.3 is 4.74 Å². The summed E-state index contributed by atoms with van der Waals surface area (Å²) in [5.74, 6) is 0.0950. The van der Waals surface area contributed by atoms with E-state index in [0.717, 1.165) is 5.56 Å². The highest BCUT2D eigenvalue weighted by Gasteiger charge is 2.32. The highest BCUT2D eigenvalue weighted by atomic mass is 79.9. The van der Waals surface area contributed by atoms with E-state index in [-0.39, 0.29) is 23.7 Å². The van der Waals surface area contributed by atoms with Crippen molar-refractivity contribution < 1.29 is 14.3 Å². The minimum Gasteiger partial charge on any atom is -0.488 e. The molecule has 4 nitrogen and oxygen atoms in total. The van der Waals surface area contributed by atoms with Gasteiger partial charge in [-0.3, -0.25) is 9.59 Å². The second-order valence-electron chi connectivity index (χ2n) is 6.51. The Kier molecular flexibility index (Phi) is 5.11. The Bertz CT molecular complexity index is 1180. The number of hydrogen-bond donors (Lipinski definition) is 0. The van der Waals surface area contributed by atoms with E-state index in [4.69, 9.17) is 4.74 Å². The third-order valence-corrected chi connectivity index (χ3v) is 5.31. The lowest BCUT2D eigenvalue weighted by Gasteiger charge is -2.10. The topological polar surface area (TPSA) is 67.2 Å². The van der Waals surface area contributed by atoms with Crippen LogP contribution in [0.5, 0.6) is 5.75 Å². The number of fused-ring (bicyclic) bond motifs is 1. The first kappa shape index (κ1) is 18.9. The van der Waals surface area contributed by atoms with Gasteiger partial charge in [0.2, 0.25) is 0 Å². The summed E-state index contributed by atoms with van der Waals surface area (Å²) in [5.41, 5.74) is 3.13. The molecule has 0 heterocycles. The van der Waals surface area contributed by atoms with E-state index >= 15 is 0 Å². The van der Waals surface area contributed by atoms with Crippen molar-refractivity contribution in [3.63, 3.8) is 0 Å². The Labute approximate surface area is 176 Å². The number of ether oxygens (including phenoxy) is 1. The maximum Gasteiger partial charge on any atom is 0.197 e. The molecule has 1 aliphatic rings. The minimum absolute atomic E-state index is 0.162. The van der Waals surface area contributed by atoms with Gasteiger partial charge in [-0.1, -0.05) is 48.5 Å². The number of nitriles is 1. The van der Waals surface area contributed by atoms with Crippen LogP contribution in [0.15, 0.2) is 76.8 Å². The number of halogens is 1. The average molecular weight is 444 g/mol. The SMILES string of the molecule is N#Cc1ccccc1COc1ccc(C=C2C(=O)c3ccccc3C2=O)cc1Br. The molecule has 0 bridgehead atoms. The van der Waals surface area contributed by atoms with Gasteiger partial charge in [-0.05, 0) is 45.8 Å². The Morgan fingerprint density at radius 1 is 0.931 bits per heavy atom. The zero-order valence-corrected chi connectivity index (χ0v) is 16.8. The van der Waals surface area contributed by atoms with Crippen LogP contribution in [-0.4, -0.2) is 11.6 Å². The summed E-state index contributed by atoms with van der Waals surface area (Å²) in [6, 6.07) is 21.6. The highest BCUT2D eigenvalue weighted by molar-refractivity contribution is 9.10. The fourth-order valence-corrected chi connectivity index (χ4v) is 3.72.